The highest BCUT2D eigenvalue weighted by Crippen LogP contribution is 2.37. The number of thioether (sulfide) groups is 1. The summed E-state index contributed by atoms with van der Waals surface area (Å²) in [6, 6.07) is 14.0. The van der Waals surface area contributed by atoms with Crippen molar-refractivity contribution in [3.8, 4) is 0 Å². The number of aryl methyl sites for hydroxylation is 1. The third kappa shape index (κ3) is 4.08. The Balaban J connectivity index is 2.33. The number of nitro groups is 1. The van der Waals surface area contributed by atoms with Crippen LogP contribution in [-0.4, -0.2) is 22.5 Å². The number of carboxylic acid groups (broad SMARTS) is 1. The molecule has 2 rings (SSSR count). The van der Waals surface area contributed by atoms with E-state index >= 15 is 0 Å². The van der Waals surface area contributed by atoms with Gasteiger partial charge in [-0.1, -0.05) is 42.0 Å². The predicted molar refractivity (Wildman–Crippen MR) is 85.0 cm³/mol. The van der Waals surface area contributed by atoms with Gasteiger partial charge in [-0.15, -0.1) is 11.8 Å². The molecule has 0 saturated carbocycles. The lowest BCUT2D eigenvalue weighted by molar-refractivity contribution is -0.479. The van der Waals surface area contributed by atoms with Gasteiger partial charge in [0.25, 0.3) is 0 Å². The third-order valence-corrected chi connectivity index (χ3v) is 4.47. The molecule has 0 saturated heterocycles. The van der Waals surface area contributed by atoms with Gasteiger partial charge in [0.2, 0.25) is 6.54 Å². The van der Waals surface area contributed by atoms with E-state index in [9.17, 15) is 20.0 Å². The molecule has 0 aliphatic heterocycles. The molecule has 1 N–H and O–H groups in total. The van der Waals surface area contributed by atoms with Gasteiger partial charge >= 0.3 is 5.97 Å². The van der Waals surface area contributed by atoms with Crippen molar-refractivity contribution in [3.63, 3.8) is 0 Å². The highest BCUT2D eigenvalue weighted by Gasteiger charge is 2.22. The van der Waals surface area contributed by atoms with Crippen molar-refractivity contribution >= 4 is 17.7 Å². The average molecular weight is 317 g/mol. The van der Waals surface area contributed by atoms with Gasteiger partial charge in [0, 0.05) is 9.82 Å². The second-order valence-electron chi connectivity index (χ2n) is 4.83. The van der Waals surface area contributed by atoms with Crippen LogP contribution >= 0.6 is 11.8 Å². The Kier molecular flexibility index (Phi) is 5.16. The summed E-state index contributed by atoms with van der Waals surface area (Å²) >= 11 is 1.21. The molecule has 0 heterocycles. The molecule has 2 aromatic carbocycles. The molecule has 0 fully saturated rings. The van der Waals surface area contributed by atoms with Gasteiger partial charge in [-0.2, -0.15) is 0 Å². The molecule has 0 aliphatic rings. The van der Waals surface area contributed by atoms with E-state index in [4.69, 9.17) is 0 Å². The van der Waals surface area contributed by atoms with Gasteiger partial charge in [-0.05, 0) is 24.6 Å². The molecule has 0 aliphatic carbocycles. The lowest BCUT2D eigenvalue weighted by Gasteiger charge is -2.14. The van der Waals surface area contributed by atoms with E-state index in [1.165, 1.54) is 17.8 Å². The van der Waals surface area contributed by atoms with E-state index in [-0.39, 0.29) is 17.0 Å². The predicted octanol–water partition coefficient (Wildman–Crippen LogP) is 3.80. The zero-order valence-electron chi connectivity index (χ0n) is 11.9. The first-order valence-corrected chi connectivity index (χ1v) is 7.52. The number of benzene rings is 2. The minimum absolute atomic E-state index is 0.160. The second kappa shape index (κ2) is 7.09. The summed E-state index contributed by atoms with van der Waals surface area (Å²) < 4.78 is 0. The van der Waals surface area contributed by atoms with Crippen LogP contribution in [0, 0.1) is 17.0 Å². The van der Waals surface area contributed by atoms with Gasteiger partial charge in [0.15, 0.2) is 0 Å². The van der Waals surface area contributed by atoms with Crippen LogP contribution in [0.15, 0.2) is 53.4 Å². The Hall–Kier alpha value is -2.34. The van der Waals surface area contributed by atoms with Crippen LogP contribution in [0.3, 0.4) is 0 Å². The van der Waals surface area contributed by atoms with E-state index in [1.54, 1.807) is 18.2 Å². The van der Waals surface area contributed by atoms with E-state index in [0.29, 0.717) is 4.90 Å². The summed E-state index contributed by atoms with van der Waals surface area (Å²) in [5.41, 5.74) is 2.04. The summed E-state index contributed by atoms with van der Waals surface area (Å²) in [5.74, 6) is -1.04. The molecule has 0 aromatic heterocycles. The Morgan fingerprint density at radius 3 is 2.45 bits per heavy atom. The lowest BCUT2D eigenvalue weighted by atomic mass is 10.1. The SMILES string of the molecule is Cc1ccc([C@H](C[N+](=O)[O-])Sc2ccccc2C(=O)O)cc1. The highest BCUT2D eigenvalue weighted by molar-refractivity contribution is 7.99. The zero-order chi connectivity index (χ0) is 16.1. The summed E-state index contributed by atoms with van der Waals surface area (Å²) in [4.78, 5) is 22.4. The summed E-state index contributed by atoms with van der Waals surface area (Å²) in [6.45, 7) is 1.68. The van der Waals surface area contributed by atoms with Crippen molar-refractivity contribution < 1.29 is 14.8 Å². The molecule has 22 heavy (non-hydrogen) atoms. The molecule has 0 radical (unpaired) electrons. The molecular formula is C16H15NO4S. The Morgan fingerprint density at radius 1 is 1.23 bits per heavy atom. The summed E-state index contributed by atoms with van der Waals surface area (Å²) in [7, 11) is 0. The molecule has 0 unspecified atom stereocenters. The maximum atomic E-state index is 11.3. The summed E-state index contributed by atoms with van der Waals surface area (Å²) in [6.07, 6.45) is 0. The summed E-state index contributed by atoms with van der Waals surface area (Å²) in [5, 5.41) is 19.7. The van der Waals surface area contributed by atoms with E-state index in [2.05, 4.69) is 0 Å². The number of hydrogen-bond acceptors (Lipinski definition) is 4. The third-order valence-electron chi connectivity index (χ3n) is 3.15. The average Bonchev–Trinajstić information content (AvgIpc) is 2.47. The first-order valence-electron chi connectivity index (χ1n) is 6.64. The minimum atomic E-state index is -1.04. The van der Waals surface area contributed by atoms with Crippen molar-refractivity contribution in [2.24, 2.45) is 0 Å². The molecule has 0 bridgehead atoms. The fourth-order valence-electron chi connectivity index (χ4n) is 2.03. The van der Waals surface area contributed by atoms with Gasteiger partial charge in [0.1, 0.15) is 0 Å². The lowest BCUT2D eigenvalue weighted by Crippen LogP contribution is -2.10. The van der Waals surface area contributed by atoms with Crippen LogP contribution < -0.4 is 0 Å². The quantitative estimate of drug-likeness (QED) is 0.498. The van der Waals surface area contributed by atoms with Crippen LogP contribution in [-0.2, 0) is 0 Å². The van der Waals surface area contributed by atoms with Crippen LogP contribution in [0.5, 0.6) is 0 Å². The van der Waals surface area contributed by atoms with Gasteiger partial charge in [-0.3, -0.25) is 10.1 Å². The number of nitrogens with zero attached hydrogens (tertiary/aromatic N) is 1. The first-order chi connectivity index (χ1) is 10.5. The standard InChI is InChI=1S/C16H15NO4S/c1-11-6-8-12(9-7-11)15(10-17(20)21)22-14-5-3-2-4-13(14)16(18)19/h2-9,15H,10H2,1H3,(H,18,19)/t15-/m0/s1. The fourth-order valence-corrected chi connectivity index (χ4v) is 3.26. The number of hydrogen-bond donors (Lipinski definition) is 1. The van der Waals surface area contributed by atoms with Gasteiger partial charge < -0.3 is 5.11 Å². The Bertz CT molecular complexity index is 685. The smallest absolute Gasteiger partial charge is 0.336 e. The van der Waals surface area contributed by atoms with E-state index in [1.807, 2.05) is 31.2 Å². The monoisotopic (exact) mass is 317 g/mol. The maximum Gasteiger partial charge on any atom is 0.336 e. The van der Waals surface area contributed by atoms with Crippen LogP contribution in [0.2, 0.25) is 0 Å². The molecule has 0 amide bonds. The molecule has 6 heteroatoms. The van der Waals surface area contributed by atoms with Gasteiger partial charge in [-0.25, -0.2) is 4.79 Å². The van der Waals surface area contributed by atoms with Crippen molar-refractivity contribution in [3.05, 3.63) is 75.3 Å². The van der Waals surface area contributed by atoms with Crippen LogP contribution in [0.4, 0.5) is 0 Å². The molecule has 0 spiro atoms. The van der Waals surface area contributed by atoms with Crippen molar-refractivity contribution in [1.82, 2.24) is 0 Å². The van der Waals surface area contributed by atoms with Crippen molar-refractivity contribution in [2.75, 3.05) is 6.54 Å². The highest BCUT2D eigenvalue weighted by atomic mass is 32.2. The zero-order valence-corrected chi connectivity index (χ0v) is 12.7. The van der Waals surface area contributed by atoms with Crippen LogP contribution in [0.25, 0.3) is 0 Å². The minimum Gasteiger partial charge on any atom is -0.478 e. The number of aromatic carboxylic acids is 1. The van der Waals surface area contributed by atoms with E-state index in [0.717, 1.165) is 11.1 Å². The molecule has 114 valence electrons. The first kappa shape index (κ1) is 16.0. The van der Waals surface area contributed by atoms with Crippen molar-refractivity contribution in [2.45, 2.75) is 17.1 Å². The normalized spacial score (nSPS) is 11.9. The van der Waals surface area contributed by atoms with E-state index < -0.39 is 11.2 Å². The topological polar surface area (TPSA) is 80.4 Å². The molecule has 5 nitrogen and oxygen atoms in total. The molecule has 2 aromatic rings. The molecule has 1 atom stereocenters. The second-order valence-corrected chi connectivity index (χ2v) is 6.08. The van der Waals surface area contributed by atoms with Crippen molar-refractivity contribution in [1.29, 1.82) is 0 Å². The number of carbonyl (C=O) groups is 1. The fraction of sp³-hybridized carbons (Fsp3) is 0.188. The Labute approximate surface area is 132 Å². The Morgan fingerprint density at radius 2 is 1.86 bits per heavy atom. The maximum absolute atomic E-state index is 11.3. The number of carboxylic acids is 1. The van der Waals surface area contributed by atoms with Gasteiger partial charge in [0.05, 0.1) is 10.8 Å². The van der Waals surface area contributed by atoms with Crippen LogP contribution in [0.1, 0.15) is 26.7 Å². The molecular weight excluding hydrogens is 302 g/mol. The largest absolute Gasteiger partial charge is 0.478 e. The number of rotatable bonds is 6.